The van der Waals surface area contributed by atoms with Crippen LogP contribution in [-0.4, -0.2) is 42.7 Å². The van der Waals surface area contributed by atoms with Crippen LogP contribution in [0.4, 0.5) is 0 Å². The average molecular weight is 190 g/mol. The standard InChI is InChI=1S/C6H10N2O5/c7-3-1-11-6-4(13-8(9)10)2-12-5(3)6/h3-6H,1-2,7H2/t3-,4?,5-,6-/m1/s1. The largest absolute Gasteiger partial charge is 0.371 e. The van der Waals surface area contributed by atoms with Crippen molar-refractivity contribution in [2.75, 3.05) is 13.2 Å². The Kier molecular flexibility index (Phi) is 2.06. The van der Waals surface area contributed by atoms with Crippen molar-refractivity contribution >= 4 is 0 Å². The fraction of sp³-hybridized carbons (Fsp3) is 1.00. The Morgan fingerprint density at radius 2 is 2.08 bits per heavy atom. The van der Waals surface area contributed by atoms with Gasteiger partial charge >= 0.3 is 0 Å². The maximum Gasteiger partial charge on any atom is 0.294 e. The highest BCUT2D eigenvalue weighted by Crippen LogP contribution is 2.27. The third-order valence-electron chi connectivity index (χ3n) is 2.27. The molecule has 0 aromatic rings. The lowest BCUT2D eigenvalue weighted by molar-refractivity contribution is -0.769. The highest BCUT2D eigenvalue weighted by Gasteiger charge is 2.48. The monoisotopic (exact) mass is 190 g/mol. The second kappa shape index (κ2) is 3.09. The number of nitrogens with two attached hydrogens (primary N) is 1. The summed E-state index contributed by atoms with van der Waals surface area (Å²) in [6.07, 6.45) is -1.28. The van der Waals surface area contributed by atoms with Crippen molar-refractivity contribution in [1.29, 1.82) is 0 Å². The lowest BCUT2D eigenvalue weighted by Crippen LogP contribution is -2.37. The van der Waals surface area contributed by atoms with E-state index in [4.69, 9.17) is 15.2 Å². The molecule has 2 heterocycles. The van der Waals surface area contributed by atoms with E-state index in [0.29, 0.717) is 6.61 Å². The molecular weight excluding hydrogens is 180 g/mol. The zero-order valence-corrected chi connectivity index (χ0v) is 6.79. The molecule has 2 rings (SSSR count). The number of fused-ring (bicyclic) bond motifs is 1. The first-order chi connectivity index (χ1) is 6.18. The van der Waals surface area contributed by atoms with Crippen LogP contribution in [0.2, 0.25) is 0 Å². The molecule has 0 aliphatic carbocycles. The number of hydrogen-bond donors (Lipinski definition) is 1. The third kappa shape index (κ3) is 1.45. The van der Waals surface area contributed by atoms with Crippen molar-refractivity contribution in [2.24, 2.45) is 5.73 Å². The van der Waals surface area contributed by atoms with Gasteiger partial charge in [-0.2, -0.15) is 0 Å². The molecule has 0 aromatic carbocycles. The van der Waals surface area contributed by atoms with Gasteiger partial charge < -0.3 is 20.0 Å². The van der Waals surface area contributed by atoms with E-state index in [0.717, 1.165) is 0 Å². The molecule has 0 saturated carbocycles. The minimum absolute atomic E-state index is 0.171. The molecule has 7 heteroatoms. The minimum Gasteiger partial charge on any atom is -0.371 e. The Hall–Kier alpha value is -0.920. The molecule has 0 radical (unpaired) electrons. The lowest BCUT2D eigenvalue weighted by Gasteiger charge is -2.13. The van der Waals surface area contributed by atoms with E-state index in [1.54, 1.807) is 0 Å². The summed E-state index contributed by atoms with van der Waals surface area (Å²) in [7, 11) is 0. The SMILES string of the molecule is N[C@@H]1CO[C@@H]2C(O[N+](=O)[O-])CO[C@H]12. The number of hydrogen-bond acceptors (Lipinski definition) is 6. The molecule has 2 saturated heterocycles. The minimum atomic E-state index is -0.830. The molecule has 1 unspecified atom stereocenters. The van der Waals surface area contributed by atoms with E-state index in [2.05, 4.69) is 4.84 Å². The summed E-state index contributed by atoms with van der Waals surface area (Å²) in [5.41, 5.74) is 5.64. The first kappa shape index (κ1) is 8.67. The molecular formula is C6H10N2O5. The van der Waals surface area contributed by atoms with E-state index in [1.165, 1.54) is 0 Å². The molecule has 2 aliphatic rings. The molecule has 0 bridgehead atoms. The predicted octanol–water partition coefficient (Wildman–Crippen LogP) is -1.31. The van der Waals surface area contributed by atoms with Crippen LogP contribution in [0.15, 0.2) is 0 Å². The second-order valence-electron chi connectivity index (χ2n) is 3.13. The van der Waals surface area contributed by atoms with Crippen molar-refractivity contribution in [3.8, 4) is 0 Å². The van der Waals surface area contributed by atoms with Gasteiger partial charge in [0.25, 0.3) is 5.09 Å². The van der Waals surface area contributed by atoms with Crippen LogP contribution in [0.25, 0.3) is 0 Å². The highest BCUT2D eigenvalue weighted by molar-refractivity contribution is 4.96. The fourth-order valence-corrected chi connectivity index (χ4v) is 1.69. The molecule has 0 spiro atoms. The van der Waals surface area contributed by atoms with Crippen LogP contribution in [0.1, 0.15) is 0 Å². The van der Waals surface area contributed by atoms with Crippen LogP contribution >= 0.6 is 0 Å². The summed E-state index contributed by atoms with van der Waals surface area (Å²) in [5, 5.41) is 9.24. The Morgan fingerprint density at radius 3 is 2.77 bits per heavy atom. The first-order valence-corrected chi connectivity index (χ1v) is 3.98. The van der Waals surface area contributed by atoms with Crippen LogP contribution in [0.3, 0.4) is 0 Å². The van der Waals surface area contributed by atoms with Crippen LogP contribution in [0, 0.1) is 10.1 Å². The summed E-state index contributed by atoms with van der Waals surface area (Å²) < 4.78 is 10.4. The van der Waals surface area contributed by atoms with Gasteiger partial charge in [-0.15, -0.1) is 10.1 Å². The molecule has 74 valence electrons. The molecule has 2 fully saturated rings. The normalized spacial score (nSPS) is 43.2. The predicted molar refractivity (Wildman–Crippen MR) is 39.3 cm³/mol. The first-order valence-electron chi connectivity index (χ1n) is 3.98. The van der Waals surface area contributed by atoms with Gasteiger partial charge in [-0.05, 0) is 0 Å². The zero-order chi connectivity index (χ0) is 9.42. The van der Waals surface area contributed by atoms with Gasteiger partial charge in [0, 0.05) is 0 Å². The summed E-state index contributed by atoms with van der Waals surface area (Å²) in [6.45, 7) is 0.539. The quantitative estimate of drug-likeness (QED) is 0.429. The van der Waals surface area contributed by atoms with Crippen molar-refractivity contribution in [3.05, 3.63) is 10.1 Å². The maximum absolute atomic E-state index is 10.1. The Balaban J connectivity index is 1.98. The second-order valence-corrected chi connectivity index (χ2v) is 3.13. The van der Waals surface area contributed by atoms with Crippen LogP contribution in [-0.2, 0) is 14.3 Å². The molecule has 2 N–H and O–H groups in total. The van der Waals surface area contributed by atoms with Crippen molar-refractivity contribution < 1.29 is 19.4 Å². The number of nitrogens with zero attached hydrogens (tertiary/aromatic N) is 1. The molecule has 0 amide bonds. The summed E-state index contributed by atoms with van der Waals surface area (Å²) in [4.78, 5) is 14.5. The molecule has 13 heavy (non-hydrogen) atoms. The van der Waals surface area contributed by atoms with Gasteiger partial charge in [-0.1, -0.05) is 0 Å². The van der Waals surface area contributed by atoms with E-state index in [1.807, 2.05) is 0 Å². The van der Waals surface area contributed by atoms with Gasteiger partial charge in [0.05, 0.1) is 19.3 Å². The topological polar surface area (TPSA) is 96.9 Å². The smallest absolute Gasteiger partial charge is 0.294 e. The summed E-state index contributed by atoms with van der Waals surface area (Å²) >= 11 is 0. The molecule has 2 aliphatic heterocycles. The summed E-state index contributed by atoms with van der Waals surface area (Å²) in [6, 6.07) is -0.203. The lowest BCUT2D eigenvalue weighted by atomic mass is 10.1. The molecule has 4 atom stereocenters. The Morgan fingerprint density at radius 1 is 1.38 bits per heavy atom. The van der Waals surface area contributed by atoms with Gasteiger partial charge in [0.1, 0.15) is 12.2 Å². The van der Waals surface area contributed by atoms with Crippen LogP contribution in [0.5, 0.6) is 0 Å². The van der Waals surface area contributed by atoms with Gasteiger partial charge in [0.15, 0.2) is 6.10 Å². The van der Waals surface area contributed by atoms with E-state index < -0.39 is 11.2 Å². The van der Waals surface area contributed by atoms with Gasteiger partial charge in [0.2, 0.25) is 0 Å². The zero-order valence-electron chi connectivity index (χ0n) is 6.79. The highest BCUT2D eigenvalue weighted by atomic mass is 17.0. The fourth-order valence-electron chi connectivity index (χ4n) is 1.69. The number of ether oxygens (including phenoxy) is 2. The van der Waals surface area contributed by atoms with Crippen LogP contribution < -0.4 is 5.73 Å². The maximum atomic E-state index is 10.1. The van der Waals surface area contributed by atoms with Gasteiger partial charge in [-0.25, -0.2) is 0 Å². The van der Waals surface area contributed by atoms with E-state index >= 15 is 0 Å². The van der Waals surface area contributed by atoms with Gasteiger partial charge in [-0.3, -0.25) is 0 Å². The Bertz CT molecular complexity index is 223. The molecule has 0 aromatic heterocycles. The van der Waals surface area contributed by atoms with Crippen molar-refractivity contribution in [2.45, 2.75) is 24.4 Å². The molecule has 7 nitrogen and oxygen atoms in total. The number of rotatable bonds is 2. The average Bonchev–Trinajstić information content (AvgIpc) is 2.56. The van der Waals surface area contributed by atoms with Crippen molar-refractivity contribution in [3.63, 3.8) is 0 Å². The van der Waals surface area contributed by atoms with E-state index in [9.17, 15) is 10.1 Å². The van der Waals surface area contributed by atoms with Crippen molar-refractivity contribution in [1.82, 2.24) is 0 Å². The summed E-state index contributed by atoms with van der Waals surface area (Å²) in [5.74, 6) is 0. The Labute approximate surface area is 73.8 Å². The third-order valence-corrected chi connectivity index (χ3v) is 2.27. The van der Waals surface area contributed by atoms with E-state index in [-0.39, 0.29) is 24.9 Å².